The summed E-state index contributed by atoms with van der Waals surface area (Å²) >= 11 is 20.4. The number of hydrogen-bond donors (Lipinski definition) is 2. The minimum atomic E-state index is 0.358. The molecule has 98 valence electrons. The standard InChI is InChI=1S/C13H9BrCl2N2S/c14-9-5-7(13(17)19)1-3-11(9)18-12-4-2-8(15)6-10(12)16/h1-6,18H,(H2,17,19). The van der Waals surface area contributed by atoms with E-state index >= 15 is 0 Å². The number of anilines is 2. The number of benzene rings is 2. The second-order valence-corrected chi connectivity index (χ2v) is 5.95. The summed E-state index contributed by atoms with van der Waals surface area (Å²) in [6.45, 7) is 0. The van der Waals surface area contributed by atoms with Crippen molar-refractivity contribution < 1.29 is 0 Å². The van der Waals surface area contributed by atoms with Crippen LogP contribution in [0.25, 0.3) is 0 Å². The van der Waals surface area contributed by atoms with E-state index < -0.39 is 0 Å². The molecule has 19 heavy (non-hydrogen) atoms. The number of nitrogens with two attached hydrogens (primary N) is 1. The lowest BCUT2D eigenvalue weighted by molar-refractivity contribution is 1.51. The molecule has 0 aliphatic carbocycles. The topological polar surface area (TPSA) is 38.0 Å². The summed E-state index contributed by atoms with van der Waals surface area (Å²) in [5.41, 5.74) is 8.02. The van der Waals surface area contributed by atoms with Crippen LogP contribution in [0.3, 0.4) is 0 Å². The van der Waals surface area contributed by atoms with Gasteiger partial charge < -0.3 is 11.1 Å². The molecule has 0 bridgehead atoms. The molecular formula is C13H9BrCl2N2S. The molecule has 0 unspecified atom stereocenters. The molecule has 0 aliphatic heterocycles. The van der Waals surface area contributed by atoms with Gasteiger partial charge in [-0.05, 0) is 52.3 Å². The fraction of sp³-hybridized carbons (Fsp3) is 0. The van der Waals surface area contributed by atoms with E-state index in [0.29, 0.717) is 15.0 Å². The lowest BCUT2D eigenvalue weighted by Gasteiger charge is -2.11. The maximum atomic E-state index is 6.11. The highest BCUT2D eigenvalue weighted by Gasteiger charge is 2.06. The molecule has 0 spiro atoms. The molecule has 0 heterocycles. The van der Waals surface area contributed by atoms with Gasteiger partial charge >= 0.3 is 0 Å². The summed E-state index contributed by atoms with van der Waals surface area (Å²) in [4.78, 5) is 0.358. The average Bonchev–Trinajstić information content (AvgIpc) is 2.34. The minimum absolute atomic E-state index is 0.358. The third kappa shape index (κ3) is 3.60. The van der Waals surface area contributed by atoms with Gasteiger partial charge in [0.15, 0.2) is 0 Å². The molecule has 0 amide bonds. The van der Waals surface area contributed by atoms with Crippen molar-refractivity contribution in [3.63, 3.8) is 0 Å². The minimum Gasteiger partial charge on any atom is -0.389 e. The van der Waals surface area contributed by atoms with E-state index in [0.717, 1.165) is 21.4 Å². The van der Waals surface area contributed by atoms with Crippen molar-refractivity contribution in [2.24, 2.45) is 5.73 Å². The van der Waals surface area contributed by atoms with Gasteiger partial charge in [0.2, 0.25) is 0 Å². The number of thiocarbonyl (C=S) groups is 1. The normalized spacial score (nSPS) is 10.3. The smallest absolute Gasteiger partial charge is 0.104 e. The van der Waals surface area contributed by atoms with Crippen LogP contribution in [-0.2, 0) is 0 Å². The molecule has 0 fully saturated rings. The first kappa shape index (κ1) is 14.6. The van der Waals surface area contributed by atoms with E-state index in [-0.39, 0.29) is 0 Å². The molecule has 2 rings (SSSR count). The summed E-state index contributed by atoms with van der Waals surface area (Å²) in [7, 11) is 0. The van der Waals surface area contributed by atoms with Gasteiger partial charge in [0.25, 0.3) is 0 Å². The molecular weight excluding hydrogens is 367 g/mol. The van der Waals surface area contributed by atoms with Crippen LogP contribution in [-0.4, -0.2) is 4.99 Å². The van der Waals surface area contributed by atoms with Crippen LogP contribution < -0.4 is 11.1 Å². The summed E-state index contributed by atoms with van der Waals surface area (Å²) in [6, 6.07) is 10.9. The lowest BCUT2D eigenvalue weighted by Crippen LogP contribution is -2.09. The Hall–Kier alpha value is -0.810. The maximum absolute atomic E-state index is 6.11. The van der Waals surface area contributed by atoms with Gasteiger partial charge in [-0.1, -0.05) is 35.4 Å². The monoisotopic (exact) mass is 374 g/mol. The fourth-order valence-corrected chi connectivity index (χ4v) is 2.57. The van der Waals surface area contributed by atoms with Crippen LogP contribution in [0.4, 0.5) is 11.4 Å². The molecule has 0 saturated carbocycles. The number of halogens is 3. The molecule has 0 saturated heterocycles. The summed E-state index contributed by atoms with van der Waals surface area (Å²) in [6.07, 6.45) is 0. The molecule has 0 aliphatic rings. The van der Waals surface area contributed by atoms with Crippen LogP contribution >= 0.6 is 51.3 Å². The Labute approximate surface area is 135 Å². The summed E-state index contributed by atoms with van der Waals surface area (Å²) in [5.74, 6) is 0. The highest BCUT2D eigenvalue weighted by molar-refractivity contribution is 9.10. The van der Waals surface area contributed by atoms with Crippen molar-refractivity contribution in [2.75, 3.05) is 5.32 Å². The van der Waals surface area contributed by atoms with Crippen LogP contribution in [0.5, 0.6) is 0 Å². The second-order valence-electron chi connectivity index (χ2n) is 3.81. The molecule has 2 aromatic rings. The Morgan fingerprint density at radius 1 is 1.11 bits per heavy atom. The Balaban J connectivity index is 2.31. The highest BCUT2D eigenvalue weighted by atomic mass is 79.9. The van der Waals surface area contributed by atoms with Crippen LogP contribution in [0.1, 0.15) is 5.56 Å². The molecule has 2 nitrogen and oxygen atoms in total. The van der Waals surface area contributed by atoms with Gasteiger partial charge in [-0.2, -0.15) is 0 Å². The van der Waals surface area contributed by atoms with Gasteiger partial charge in [0, 0.05) is 15.1 Å². The first-order chi connectivity index (χ1) is 8.97. The molecule has 0 atom stereocenters. The third-order valence-electron chi connectivity index (χ3n) is 2.45. The maximum Gasteiger partial charge on any atom is 0.104 e. The van der Waals surface area contributed by atoms with E-state index in [4.69, 9.17) is 41.2 Å². The van der Waals surface area contributed by atoms with Crippen molar-refractivity contribution >= 4 is 67.7 Å². The Morgan fingerprint density at radius 2 is 1.79 bits per heavy atom. The van der Waals surface area contributed by atoms with Crippen molar-refractivity contribution in [3.8, 4) is 0 Å². The zero-order chi connectivity index (χ0) is 14.0. The number of hydrogen-bond acceptors (Lipinski definition) is 2. The zero-order valence-electron chi connectivity index (χ0n) is 9.58. The molecule has 2 aromatic carbocycles. The molecule has 0 radical (unpaired) electrons. The van der Waals surface area contributed by atoms with Crippen molar-refractivity contribution in [1.29, 1.82) is 0 Å². The summed E-state index contributed by atoms with van der Waals surface area (Å²) < 4.78 is 0.851. The van der Waals surface area contributed by atoms with Crippen LogP contribution in [0.2, 0.25) is 10.0 Å². The lowest BCUT2D eigenvalue weighted by atomic mass is 10.2. The Bertz CT molecular complexity index is 647. The van der Waals surface area contributed by atoms with Crippen molar-refractivity contribution in [3.05, 3.63) is 56.5 Å². The van der Waals surface area contributed by atoms with Crippen molar-refractivity contribution in [1.82, 2.24) is 0 Å². The SMILES string of the molecule is NC(=S)c1ccc(Nc2ccc(Cl)cc2Cl)c(Br)c1. The van der Waals surface area contributed by atoms with E-state index in [1.807, 2.05) is 24.3 Å². The predicted octanol–water partition coefficient (Wildman–Crippen LogP) is 5.13. The second kappa shape index (κ2) is 6.09. The first-order valence-corrected chi connectivity index (χ1v) is 7.24. The highest BCUT2D eigenvalue weighted by Crippen LogP contribution is 2.32. The van der Waals surface area contributed by atoms with E-state index in [2.05, 4.69) is 21.2 Å². The quantitative estimate of drug-likeness (QED) is 0.730. The Kier molecular flexibility index (Phi) is 4.68. The van der Waals surface area contributed by atoms with Crippen LogP contribution in [0.15, 0.2) is 40.9 Å². The third-order valence-corrected chi connectivity index (χ3v) is 3.89. The fourth-order valence-electron chi connectivity index (χ4n) is 1.51. The van der Waals surface area contributed by atoms with E-state index in [9.17, 15) is 0 Å². The molecule has 6 heteroatoms. The zero-order valence-corrected chi connectivity index (χ0v) is 13.5. The van der Waals surface area contributed by atoms with Gasteiger partial charge in [-0.3, -0.25) is 0 Å². The number of rotatable bonds is 3. The predicted molar refractivity (Wildman–Crippen MR) is 89.8 cm³/mol. The van der Waals surface area contributed by atoms with Gasteiger partial charge in [-0.15, -0.1) is 0 Å². The van der Waals surface area contributed by atoms with Crippen LogP contribution in [0, 0.1) is 0 Å². The summed E-state index contributed by atoms with van der Waals surface area (Å²) in [5, 5.41) is 4.36. The van der Waals surface area contributed by atoms with Gasteiger partial charge in [0.05, 0.1) is 16.4 Å². The van der Waals surface area contributed by atoms with Gasteiger partial charge in [-0.25, -0.2) is 0 Å². The van der Waals surface area contributed by atoms with E-state index in [1.54, 1.807) is 12.1 Å². The average molecular weight is 376 g/mol. The molecule has 0 aromatic heterocycles. The van der Waals surface area contributed by atoms with E-state index in [1.165, 1.54) is 0 Å². The van der Waals surface area contributed by atoms with Crippen molar-refractivity contribution in [2.45, 2.75) is 0 Å². The first-order valence-electron chi connectivity index (χ1n) is 5.29. The molecule has 3 N–H and O–H groups in total. The largest absolute Gasteiger partial charge is 0.389 e. The van der Waals surface area contributed by atoms with Gasteiger partial charge in [0.1, 0.15) is 4.99 Å². The Morgan fingerprint density at radius 3 is 2.37 bits per heavy atom. The number of nitrogens with one attached hydrogen (secondary N) is 1.